The van der Waals surface area contributed by atoms with Gasteiger partial charge in [-0.2, -0.15) is 0 Å². The second-order valence-electron chi connectivity index (χ2n) is 4.85. The van der Waals surface area contributed by atoms with Gasteiger partial charge in [-0.15, -0.1) is 0 Å². The number of amides is 1. The molecule has 0 aromatic heterocycles. The molecule has 1 N–H and O–H groups in total. The van der Waals surface area contributed by atoms with Crippen molar-refractivity contribution in [1.29, 1.82) is 0 Å². The number of carbonyl (C=O) groups is 2. The largest absolute Gasteiger partial charge is 0.493 e. The summed E-state index contributed by atoms with van der Waals surface area (Å²) in [5.74, 6) is 0.562. The molecule has 2 aliphatic heterocycles. The predicted molar refractivity (Wildman–Crippen MR) is 70.2 cm³/mol. The molecule has 1 aromatic rings. The first-order valence-corrected chi connectivity index (χ1v) is 6.58. The first-order valence-electron chi connectivity index (χ1n) is 6.58. The van der Waals surface area contributed by atoms with E-state index in [4.69, 9.17) is 14.6 Å². The van der Waals surface area contributed by atoms with E-state index in [0.29, 0.717) is 43.0 Å². The summed E-state index contributed by atoms with van der Waals surface area (Å²) in [7, 11) is 0. The van der Waals surface area contributed by atoms with Gasteiger partial charge in [0.1, 0.15) is 11.9 Å². The zero-order valence-electron chi connectivity index (χ0n) is 10.9. The number of aliphatic hydroxyl groups excluding tert-OH is 1. The van der Waals surface area contributed by atoms with Crippen molar-refractivity contribution in [1.82, 2.24) is 0 Å². The molecule has 1 unspecified atom stereocenters. The molecule has 106 valence electrons. The standard InChI is InChI=1S/C14H15NO5/c16-8-10-7-15(14(18)20-10)9-3-4-11-12(17)2-1-5-19-13(11)6-9/h3-4,6,10,16H,1-2,5,7-8H2. The van der Waals surface area contributed by atoms with Crippen LogP contribution >= 0.6 is 0 Å². The lowest BCUT2D eigenvalue weighted by Crippen LogP contribution is -2.25. The fourth-order valence-electron chi connectivity index (χ4n) is 2.41. The highest BCUT2D eigenvalue weighted by Crippen LogP contribution is 2.31. The highest BCUT2D eigenvalue weighted by Gasteiger charge is 2.32. The van der Waals surface area contributed by atoms with Crippen LogP contribution in [-0.4, -0.2) is 42.8 Å². The first kappa shape index (κ1) is 12.9. The number of hydrogen-bond acceptors (Lipinski definition) is 5. The molecule has 6 nitrogen and oxygen atoms in total. The van der Waals surface area contributed by atoms with Crippen LogP contribution < -0.4 is 9.64 Å². The van der Waals surface area contributed by atoms with Gasteiger partial charge in [0.2, 0.25) is 0 Å². The predicted octanol–water partition coefficient (Wildman–Crippen LogP) is 1.36. The summed E-state index contributed by atoms with van der Waals surface area (Å²) in [4.78, 5) is 25.0. The summed E-state index contributed by atoms with van der Waals surface area (Å²) >= 11 is 0. The summed E-state index contributed by atoms with van der Waals surface area (Å²) in [5.41, 5.74) is 1.16. The fraction of sp³-hybridized carbons (Fsp3) is 0.429. The maximum Gasteiger partial charge on any atom is 0.414 e. The number of anilines is 1. The Morgan fingerprint density at radius 1 is 1.35 bits per heavy atom. The van der Waals surface area contributed by atoms with Crippen LogP contribution in [0.4, 0.5) is 10.5 Å². The number of nitrogens with zero attached hydrogens (tertiary/aromatic N) is 1. The lowest BCUT2D eigenvalue weighted by atomic mass is 10.1. The van der Waals surface area contributed by atoms with Crippen molar-refractivity contribution in [2.75, 3.05) is 24.7 Å². The number of benzene rings is 1. The van der Waals surface area contributed by atoms with Crippen LogP contribution in [0.25, 0.3) is 0 Å². The van der Waals surface area contributed by atoms with Gasteiger partial charge in [0.25, 0.3) is 0 Å². The van der Waals surface area contributed by atoms with Crippen LogP contribution in [0, 0.1) is 0 Å². The molecule has 2 aliphatic rings. The van der Waals surface area contributed by atoms with E-state index in [1.807, 2.05) is 0 Å². The molecule has 0 spiro atoms. The van der Waals surface area contributed by atoms with E-state index in [1.165, 1.54) is 4.90 Å². The number of ether oxygens (including phenoxy) is 2. The number of cyclic esters (lactones) is 1. The highest BCUT2D eigenvalue weighted by atomic mass is 16.6. The first-order chi connectivity index (χ1) is 9.69. The molecule has 1 amide bonds. The summed E-state index contributed by atoms with van der Waals surface area (Å²) in [6.45, 7) is 0.580. The van der Waals surface area contributed by atoms with Gasteiger partial charge in [0, 0.05) is 12.5 Å². The number of Topliss-reactive ketones (excluding diaryl/α,β-unsaturated/α-hetero) is 1. The Balaban J connectivity index is 1.91. The van der Waals surface area contributed by atoms with Crippen LogP contribution in [0.15, 0.2) is 18.2 Å². The molecular formula is C14H15NO5. The normalized spacial score (nSPS) is 22.1. The minimum Gasteiger partial charge on any atom is -0.493 e. The molecule has 1 saturated heterocycles. The highest BCUT2D eigenvalue weighted by molar-refractivity contribution is 6.00. The van der Waals surface area contributed by atoms with Crippen LogP contribution in [-0.2, 0) is 4.74 Å². The summed E-state index contributed by atoms with van der Waals surface area (Å²) < 4.78 is 10.6. The molecule has 1 atom stereocenters. The van der Waals surface area contributed by atoms with Crippen molar-refractivity contribution in [2.45, 2.75) is 18.9 Å². The summed E-state index contributed by atoms with van der Waals surface area (Å²) in [6.07, 6.45) is 0.166. The van der Waals surface area contributed by atoms with E-state index in [1.54, 1.807) is 18.2 Å². The van der Waals surface area contributed by atoms with Crippen LogP contribution in [0.5, 0.6) is 5.75 Å². The maximum atomic E-state index is 11.9. The van der Waals surface area contributed by atoms with Crippen molar-refractivity contribution in [3.63, 3.8) is 0 Å². The molecular weight excluding hydrogens is 262 g/mol. The number of carbonyl (C=O) groups excluding carboxylic acids is 2. The van der Waals surface area contributed by atoms with Gasteiger partial charge >= 0.3 is 6.09 Å². The van der Waals surface area contributed by atoms with Crippen molar-refractivity contribution >= 4 is 17.6 Å². The van der Waals surface area contributed by atoms with Gasteiger partial charge in [-0.3, -0.25) is 9.69 Å². The molecule has 1 aromatic carbocycles. The van der Waals surface area contributed by atoms with Crippen LogP contribution in [0.3, 0.4) is 0 Å². The zero-order valence-corrected chi connectivity index (χ0v) is 10.9. The Labute approximate surface area is 115 Å². The third-order valence-corrected chi connectivity index (χ3v) is 3.46. The summed E-state index contributed by atoms with van der Waals surface area (Å²) in [6, 6.07) is 5.06. The SMILES string of the molecule is O=C1CCCOc2cc(N3CC(CO)OC3=O)ccc21. The van der Waals surface area contributed by atoms with E-state index >= 15 is 0 Å². The van der Waals surface area contributed by atoms with E-state index in [2.05, 4.69) is 0 Å². The average Bonchev–Trinajstić information content (AvgIpc) is 2.74. The second-order valence-corrected chi connectivity index (χ2v) is 4.85. The molecule has 6 heteroatoms. The average molecular weight is 277 g/mol. The lowest BCUT2D eigenvalue weighted by Gasteiger charge is -2.15. The molecule has 2 heterocycles. The van der Waals surface area contributed by atoms with Gasteiger partial charge in [0.15, 0.2) is 5.78 Å². The number of ketones is 1. The molecule has 0 saturated carbocycles. The Morgan fingerprint density at radius 3 is 2.95 bits per heavy atom. The van der Waals surface area contributed by atoms with Gasteiger partial charge in [-0.05, 0) is 18.6 Å². The number of fused-ring (bicyclic) bond motifs is 1. The lowest BCUT2D eigenvalue weighted by molar-refractivity contribution is 0.0962. The monoisotopic (exact) mass is 277 g/mol. The smallest absolute Gasteiger partial charge is 0.414 e. The van der Waals surface area contributed by atoms with Crippen molar-refractivity contribution in [3.8, 4) is 5.75 Å². The number of aliphatic hydroxyl groups is 1. The Morgan fingerprint density at radius 2 is 2.20 bits per heavy atom. The van der Waals surface area contributed by atoms with Crippen LogP contribution in [0.2, 0.25) is 0 Å². The molecule has 0 aliphatic carbocycles. The minimum absolute atomic E-state index is 0.0567. The van der Waals surface area contributed by atoms with E-state index in [-0.39, 0.29) is 12.4 Å². The number of hydrogen-bond donors (Lipinski definition) is 1. The number of rotatable bonds is 2. The molecule has 1 fully saturated rings. The topological polar surface area (TPSA) is 76.1 Å². The minimum atomic E-state index is -0.510. The molecule has 20 heavy (non-hydrogen) atoms. The van der Waals surface area contributed by atoms with Crippen LogP contribution in [0.1, 0.15) is 23.2 Å². The van der Waals surface area contributed by atoms with Gasteiger partial charge in [-0.1, -0.05) is 0 Å². The van der Waals surface area contributed by atoms with E-state index in [0.717, 1.165) is 0 Å². The Bertz CT molecular complexity index is 556. The zero-order chi connectivity index (χ0) is 14.1. The molecule has 3 rings (SSSR count). The van der Waals surface area contributed by atoms with Crippen molar-refractivity contribution in [3.05, 3.63) is 23.8 Å². The van der Waals surface area contributed by atoms with Gasteiger partial charge < -0.3 is 14.6 Å². The van der Waals surface area contributed by atoms with E-state index < -0.39 is 12.2 Å². The quantitative estimate of drug-likeness (QED) is 0.883. The molecule has 0 bridgehead atoms. The van der Waals surface area contributed by atoms with Gasteiger partial charge in [-0.25, -0.2) is 4.79 Å². The maximum absolute atomic E-state index is 11.9. The molecule has 0 radical (unpaired) electrons. The van der Waals surface area contributed by atoms with Crippen molar-refractivity contribution < 1.29 is 24.2 Å². The van der Waals surface area contributed by atoms with Crippen molar-refractivity contribution in [2.24, 2.45) is 0 Å². The Kier molecular flexibility index (Phi) is 3.31. The second kappa shape index (κ2) is 5.13. The van der Waals surface area contributed by atoms with E-state index in [9.17, 15) is 9.59 Å². The van der Waals surface area contributed by atoms with Gasteiger partial charge in [0.05, 0.1) is 31.0 Å². The third kappa shape index (κ3) is 2.22. The fourth-order valence-corrected chi connectivity index (χ4v) is 2.41. The third-order valence-electron chi connectivity index (χ3n) is 3.46. The summed E-state index contributed by atoms with van der Waals surface area (Å²) in [5, 5.41) is 9.04. The Hall–Kier alpha value is -2.08.